The van der Waals surface area contributed by atoms with Gasteiger partial charge in [-0.15, -0.1) is 0 Å². The van der Waals surface area contributed by atoms with Crippen LogP contribution in [0.1, 0.15) is 26.7 Å². The summed E-state index contributed by atoms with van der Waals surface area (Å²) in [6.07, 6.45) is 2.25. The fourth-order valence-electron chi connectivity index (χ4n) is 1.29. The number of benzene rings is 1. The Morgan fingerprint density at radius 3 is 2.38 bits per heavy atom. The molecular weight excluding hydrogens is 182 g/mol. The Morgan fingerprint density at radius 1 is 1.23 bits per heavy atom. The van der Waals surface area contributed by atoms with Gasteiger partial charge in [0.1, 0.15) is 0 Å². The maximum absolute atomic E-state index is 6.02. The normalized spacial score (nSPS) is 10.5. The summed E-state index contributed by atoms with van der Waals surface area (Å²) in [6.45, 7) is 4.36. The lowest BCUT2D eigenvalue weighted by molar-refractivity contribution is 0.672. The summed E-state index contributed by atoms with van der Waals surface area (Å²) >= 11 is 6.02. The molecule has 0 aliphatic heterocycles. The van der Waals surface area contributed by atoms with Gasteiger partial charge in [0, 0.05) is 6.04 Å². The first-order chi connectivity index (χ1) is 6.27. The smallest absolute Gasteiger partial charge is 0.0637 e. The molecule has 1 nitrogen and oxygen atoms in total. The number of halogens is 1. The molecule has 0 fully saturated rings. The van der Waals surface area contributed by atoms with Crippen LogP contribution in [0.4, 0.5) is 5.69 Å². The van der Waals surface area contributed by atoms with Crippen molar-refractivity contribution in [2.75, 3.05) is 5.32 Å². The molecule has 0 saturated heterocycles. The largest absolute Gasteiger partial charge is 0.381 e. The second-order valence-electron chi connectivity index (χ2n) is 3.14. The number of hydrogen-bond acceptors (Lipinski definition) is 1. The van der Waals surface area contributed by atoms with Crippen LogP contribution in [0.2, 0.25) is 5.02 Å². The minimum absolute atomic E-state index is 0.528. The van der Waals surface area contributed by atoms with E-state index in [4.69, 9.17) is 11.6 Å². The Hall–Kier alpha value is -0.690. The zero-order valence-electron chi connectivity index (χ0n) is 8.18. The Bertz CT molecular complexity index is 256. The number of nitrogens with one attached hydrogen (secondary N) is 1. The van der Waals surface area contributed by atoms with Gasteiger partial charge >= 0.3 is 0 Å². The maximum atomic E-state index is 6.02. The van der Waals surface area contributed by atoms with Crippen LogP contribution in [-0.2, 0) is 0 Å². The zero-order chi connectivity index (χ0) is 9.68. The van der Waals surface area contributed by atoms with Crippen molar-refractivity contribution in [3.05, 3.63) is 29.3 Å². The molecule has 0 bridgehead atoms. The van der Waals surface area contributed by atoms with E-state index in [-0.39, 0.29) is 0 Å². The van der Waals surface area contributed by atoms with E-state index in [2.05, 4.69) is 19.2 Å². The van der Waals surface area contributed by atoms with Gasteiger partial charge in [-0.3, -0.25) is 0 Å². The molecule has 13 heavy (non-hydrogen) atoms. The van der Waals surface area contributed by atoms with Crippen LogP contribution in [0.5, 0.6) is 0 Å². The minimum atomic E-state index is 0.528. The Balaban J connectivity index is 2.67. The summed E-state index contributed by atoms with van der Waals surface area (Å²) in [5, 5.41) is 4.22. The van der Waals surface area contributed by atoms with E-state index in [1.165, 1.54) is 0 Å². The number of rotatable bonds is 4. The first-order valence-corrected chi connectivity index (χ1v) is 5.16. The molecule has 0 saturated carbocycles. The summed E-state index contributed by atoms with van der Waals surface area (Å²) in [6, 6.07) is 8.39. The van der Waals surface area contributed by atoms with Gasteiger partial charge in [-0.1, -0.05) is 37.6 Å². The number of para-hydroxylation sites is 1. The molecule has 0 amide bonds. The molecule has 0 radical (unpaired) electrons. The van der Waals surface area contributed by atoms with Crippen molar-refractivity contribution in [1.82, 2.24) is 0 Å². The van der Waals surface area contributed by atoms with Gasteiger partial charge < -0.3 is 5.32 Å². The lowest BCUT2D eigenvalue weighted by Gasteiger charge is -2.16. The molecule has 72 valence electrons. The van der Waals surface area contributed by atoms with Gasteiger partial charge in [-0.2, -0.15) is 0 Å². The monoisotopic (exact) mass is 197 g/mol. The quantitative estimate of drug-likeness (QED) is 0.771. The van der Waals surface area contributed by atoms with Gasteiger partial charge in [0.05, 0.1) is 10.7 Å². The second-order valence-corrected chi connectivity index (χ2v) is 3.54. The molecule has 2 heteroatoms. The van der Waals surface area contributed by atoms with Gasteiger partial charge in [0.2, 0.25) is 0 Å². The van der Waals surface area contributed by atoms with Crippen LogP contribution in [0.3, 0.4) is 0 Å². The van der Waals surface area contributed by atoms with Crippen LogP contribution in [0, 0.1) is 0 Å². The summed E-state index contributed by atoms with van der Waals surface area (Å²) in [5.41, 5.74) is 1.04. The van der Waals surface area contributed by atoms with E-state index in [1.807, 2.05) is 24.3 Å². The van der Waals surface area contributed by atoms with Gasteiger partial charge in [-0.25, -0.2) is 0 Å². The third-order valence-electron chi connectivity index (χ3n) is 2.22. The molecule has 0 aliphatic rings. The fraction of sp³-hybridized carbons (Fsp3) is 0.455. The van der Waals surface area contributed by atoms with Crippen molar-refractivity contribution >= 4 is 17.3 Å². The van der Waals surface area contributed by atoms with E-state index >= 15 is 0 Å². The number of hydrogen-bond donors (Lipinski definition) is 1. The first kappa shape index (κ1) is 10.4. The van der Waals surface area contributed by atoms with Gasteiger partial charge in [0.15, 0.2) is 0 Å². The third kappa shape index (κ3) is 2.92. The standard InChI is InChI=1S/C11H16ClN/c1-3-9(4-2)13-11-8-6-5-7-10(11)12/h5-9,13H,3-4H2,1-2H3. The SMILES string of the molecule is CCC(CC)Nc1ccccc1Cl. The average molecular weight is 198 g/mol. The van der Waals surface area contributed by atoms with E-state index in [0.717, 1.165) is 23.6 Å². The highest BCUT2D eigenvalue weighted by molar-refractivity contribution is 6.33. The average Bonchev–Trinajstić information content (AvgIpc) is 2.17. The lowest BCUT2D eigenvalue weighted by Crippen LogP contribution is -2.16. The molecule has 0 spiro atoms. The molecular formula is C11H16ClN. The zero-order valence-corrected chi connectivity index (χ0v) is 8.93. The molecule has 0 atom stereocenters. The molecule has 1 aromatic rings. The molecule has 1 aromatic carbocycles. The highest BCUT2D eigenvalue weighted by Crippen LogP contribution is 2.22. The number of anilines is 1. The highest BCUT2D eigenvalue weighted by Gasteiger charge is 2.04. The summed E-state index contributed by atoms with van der Waals surface area (Å²) in [4.78, 5) is 0. The summed E-state index contributed by atoms with van der Waals surface area (Å²) in [7, 11) is 0. The van der Waals surface area contributed by atoms with Crippen molar-refractivity contribution in [2.45, 2.75) is 32.7 Å². The molecule has 0 unspecified atom stereocenters. The molecule has 1 N–H and O–H groups in total. The molecule has 0 aromatic heterocycles. The molecule has 0 aliphatic carbocycles. The first-order valence-electron chi connectivity index (χ1n) is 4.79. The minimum Gasteiger partial charge on any atom is -0.381 e. The van der Waals surface area contributed by atoms with E-state index in [9.17, 15) is 0 Å². The van der Waals surface area contributed by atoms with Crippen LogP contribution in [0.25, 0.3) is 0 Å². The summed E-state index contributed by atoms with van der Waals surface area (Å²) in [5.74, 6) is 0. The molecule has 1 rings (SSSR count). The predicted octanol–water partition coefficient (Wildman–Crippen LogP) is 3.94. The Kier molecular flexibility index (Phi) is 4.10. The Labute approximate surface area is 85.1 Å². The van der Waals surface area contributed by atoms with Crippen molar-refractivity contribution in [2.24, 2.45) is 0 Å². The van der Waals surface area contributed by atoms with Crippen molar-refractivity contribution in [3.8, 4) is 0 Å². The predicted molar refractivity (Wildman–Crippen MR) is 59.4 cm³/mol. The molecule has 0 heterocycles. The maximum Gasteiger partial charge on any atom is 0.0637 e. The second kappa shape index (κ2) is 5.13. The topological polar surface area (TPSA) is 12.0 Å². The van der Waals surface area contributed by atoms with E-state index in [1.54, 1.807) is 0 Å². The summed E-state index contributed by atoms with van der Waals surface area (Å²) < 4.78 is 0. The third-order valence-corrected chi connectivity index (χ3v) is 2.55. The highest BCUT2D eigenvalue weighted by atomic mass is 35.5. The van der Waals surface area contributed by atoms with Crippen molar-refractivity contribution < 1.29 is 0 Å². The van der Waals surface area contributed by atoms with Crippen LogP contribution in [0.15, 0.2) is 24.3 Å². The van der Waals surface area contributed by atoms with Gasteiger partial charge in [-0.05, 0) is 25.0 Å². The lowest BCUT2D eigenvalue weighted by atomic mass is 10.1. The van der Waals surface area contributed by atoms with Crippen molar-refractivity contribution in [3.63, 3.8) is 0 Å². The van der Waals surface area contributed by atoms with E-state index in [0.29, 0.717) is 6.04 Å². The van der Waals surface area contributed by atoms with E-state index < -0.39 is 0 Å². The van der Waals surface area contributed by atoms with Crippen LogP contribution >= 0.6 is 11.6 Å². The van der Waals surface area contributed by atoms with Crippen molar-refractivity contribution in [1.29, 1.82) is 0 Å². The van der Waals surface area contributed by atoms with Crippen LogP contribution in [-0.4, -0.2) is 6.04 Å². The Morgan fingerprint density at radius 2 is 1.85 bits per heavy atom. The fourth-order valence-corrected chi connectivity index (χ4v) is 1.48. The van der Waals surface area contributed by atoms with Crippen LogP contribution < -0.4 is 5.32 Å². The van der Waals surface area contributed by atoms with Gasteiger partial charge in [0.25, 0.3) is 0 Å².